The number of benzene rings is 3. The highest BCUT2D eigenvalue weighted by atomic mass is 19.1. The lowest BCUT2D eigenvalue weighted by atomic mass is 9.96. The Labute approximate surface area is 226 Å². The largest absolute Gasteiger partial charge is 0.493 e. The number of ether oxygens (including phenoxy) is 3. The Balaban J connectivity index is 1.34. The fraction of sp³-hybridized carbons (Fsp3) is 0.333. The van der Waals surface area contributed by atoms with E-state index in [1.54, 1.807) is 36.3 Å². The lowest BCUT2D eigenvalue weighted by Gasteiger charge is -2.23. The number of hydrogen-bond donors (Lipinski definition) is 1. The molecule has 204 valence electrons. The van der Waals surface area contributed by atoms with E-state index in [9.17, 15) is 14.0 Å². The Morgan fingerprint density at radius 2 is 1.85 bits per heavy atom. The minimum Gasteiger partial charge on any atom is -0.493 e. The van der Waals surface area contributed by atoms with Gasteiger partial charge >= 0.3 is 12.1 Å². The number of aromatic carboxylic acids is 1. The second kappa shape index (κ2) is 11.0. The number of anilines is 1. The molecule has 1 atom stereocenters. The fourth-order valence-corrected chi connectivity index (χ4v) is 5.45. The number of likely N-dealkylation sites (tertiary alicyclic amines) is 1. The van der Waals surface area contributed by atoms with E-state index in [-0.39, 0.29) is 11.4 Å². The first kappa shape index (κ1) is 26.6. The summed E-state index contributed by atoms with van der Waals surface area (Å²) in [6.45, 7) is 5.14. The van der Waals surface area contributed by atoms with Gasteiger partial charge in [0.2, 0.25) is 0 Å². The van der Waals surface area contributed by atoms with Crippen LogP contribution in [0.1, 0.15) is 34.8 Å². The third-order valence-electron chi connectivity index (χ3n) is 7.17. The van der Waals surface area contributed by atoms with Crippen molar-refractivity contribution < 1.29 is 33.3 Å². The molecule has 1 unspecified atom stereocenters. The van der Waals surface area contributed by atoms with Gasteiger partial charge in [-0.1, -0.05) is 18.2 Å². The Hall–Kier alpha value is -3.95. The molecule has 0 aliphatic carbocycles. The van der Waals surface area contributed by atoms with Crippen LogP contribution in [0.25, 0.3) is 11.1 Å². The van der Waals surface area contributed by atoms with Gasteiger partial charge in [0.25, 0.3) is 0 Å². The molecule has 0 aromatic heterocycles. The van der Waals surface area contributed by atoms with Crippen LogP contribution in [-0.4, -0.2) is 61.0 Å². The van der Waals surface area contributed by atoms with Gasteiger partial charge in [-0.05, 0) is 66.1 Å². The topological polar surface area (TPSA) is 88.5 Å². The third kappa shape index (κ3) is 5.60. The van der Waals surface area contributed by atoms with Crippen molar-refractivity contribution in [3.05, 3.63) is 83.2 Å². The first-order valence-electron chi connectivity index (χ1n) is 12.9. The van der Waals surface area contributed by atoms with Crippen LogP contribution in [-0.2, 0) is 22.6 Å². The van der Waals surface area contributed by atoms with Crippen LogP contribution in [0.5, 0.6) is 5.75 Å². The second-order valence-electron chi connectivity index (χ2n) is 9.95. The molecule has 9 heteroatoms. The minimum absolute atomic E-state index is 0.165. The van der Waals surface area contributed by atoms with E-state index in [2.05, 4.69) is 11.0 Å². The summed E-state index contributed by atoms with van der Waals surface area (Å²) < 4.78 is 31.0. The number of hydrogen-bond acceptors (Lipinski definition) is 6. The summed E-state index contributed by atoms with van der Waals surface area (Å²) >= 11 is 0. The molecule has 2 aliphatic heterocycles. The predicted molar refractivity (Wildman–Crippen MR) is 144 cm³/mol. The molecule has 2 fully saturated rings. The number of nitrogens with zero attached hydrogens (tertiary/aromatic N) is 2. The molecule has 2 heterocycles. The highest BCUT2D eigenvalue weighted by molar-refractivity contribution is 5.92. The smallest absolute Gasteiger partial charge is 0.415 e. The van der Waals surface area contributed by atoms with Crippen LogP contribution in [0.15, 0.2) is 60.7 Å². The average molecular weight is 535 g/mol. The Bertz CT molecular complexity index is 1330. The summed E-state index contributed by atoms with van der Waals surface area (Å²) in [7, 11) is 1.64. The van der Waals surface area contributed by atoms with Gasteiger partial charge in [0.05, 0.1) is 25.3 Å². The summed E-state index contributed by atoms with van der Waals surface area (Å²) in [5.41, 5.74) is 3.87. The normalized spacial score (nSPS) is 19.1. The van der Waals surface area contributed by atoms with Gasteiger partial charge in [0, 0.05) is 44.4 Å². The van der Waals surface area contributed by atoms with Crippen LogP contribution in [0, 0.1) is 5.82 Å². The van der Waals surface area contributed by atoms with Crippen molar-refractivity contribution >= 4 is 17.7 Å². The van der Waals surface area contributed by atoms with E-state index < -0.39 is 17.7 Å². The zero-order valence-corrected chi connectivity index (χ0v) is 22.0. The third-order valence-corrected chi connectivity index (χ3v) is 7.17. The Kier molecular flexibility index (Phi) is 7.54. The van der Waals surface area contributed by atoms with Crippen LogP contribution >= 0.6 is 0 Å². The minimum atomic E-state index is -1.01. The molecular formula is C30H31FN2O6. The van der Waals surface area contributed by atoms with Gasteiger partial charge < -0.3 is 19.3 Å². The summed E-state index contributed by atoms with van der Waals surface area (Å²) in [4.78, 5) is 27.7. The zero-order valence-electron chi connectivity index (χ0n) is 22.0. The van der Waals surface area contributed by atoms with Gasteiger partial charge in [-0.2, -0.15) is 0 Å². The first-order valence-corrected chi connectivity index (χ1v) is 12.9. The van der Waals surface area contributed by atoms with Crippen molar-refractivity contribution in [2.24, 2.45) is 0 Å². The average Bonchev–Trinajstić information content (AvgIpc) is 3.46. The molecule has 5 rings (SSSR count). The number of carbonyl (C=O) groups excluding carboxylic acids is 1. The second-order valence-corrected chi connectivity index (χ2v) is 9.95. The molecule has 3 aromatic carbocycles. The standard InChI is InChI=1S/C30H31FN2O6/c1-3-38-26-15-20(14-23(17-37-2)27(26)21-4-8-24(31)9-5-21)16-32-13-12-30(18-32)19-33(29(36)39-30)25-10-6-22(7-11-25)28(34)35/h4-11,14-15H,3,12-13,16-19H2,1-2H3,(H,34,35). The molecule has 2 saturated heterocycles. The van der Waals surface area contributed by atoms with Gasteiger partial charge in [-0.25, -0.2) is 14.0 Å². The number of carboxylic acid groups (broad SMARTS) is 1. The SMILES string of the molecule is CCOc1cc(CN2CCC3(C2)CN(c2ccc(C(=O)O)cc2)C(=O)O3)cc(COC)c1-c1ccc(F)cc1. The molecule has 0 radical (unpaired) electrons. The highest BCUT2D eigenvalue weighted by Gasteiger charge is 2.50. The number of halogens is 1. The lowest BCUT2D eigenvalue weighted by molar-refractivity contribution is 0.0628. The molecule has 8 nitrogen and oxygen atoms in total. The fourth-order valence-electron chi connectivity index (χ4n) is 5.45. The first-order chi connectivity index (χ1) is 18.8. The van der Waals surface area contributed by atoms with Crippen molar-refractivity contribution in [3.63, 3.8) is 0 Å². The van der Waals surface area contributed by atoms with Crippen molar-refractivity contribution in [1.29, 1.82) is 0 Å². The summed E-state index contributed by atoms with van der Waals surface area (Å²) in [5, 5.41) is 9.15. The molecule has 2 aliphatic rings. The predicted octanol–water partition coefficient (Wildman–Crippen LogP) is 5.34. The number of rotatable bonds is 9. The van der Waals surface area contributed by atoms with E-state index in [1.165, 1.54) is 24.3 Å². The van der Waals surface area contributed by atoms with Crippen molar-refractivity contribution in [3.8, 4) is 16.9 Å². The van der Waals surface area contributed by atoms with Gasteiger partial charge in [0.15, 0.2) is 0 Å². The van der Waals surface area contributed by atoms with Gasteiger partial charge in [-0.15, -0.1) is 0 Å². The molecule has 3 aromatic rings. The van der Waals surface area contributed by atoms with Crippen LogP contribution in [0.2, 0.25) is 0 Å². The molecule has 1 amide bonds. The summed E-state index contributed by atoms with van der Waals surface area (Å²) in [6, 6.07) is 16.7. The Morgan fingerprint density at radius 1 is 1.10 bits per heavy atom. The maximum atomic E-state index is 13.6. The summed E-state index contributed by atoms with van der Waals surface area (Å²) in [5.74, 6) is -0.598. The summed E-state index contributed by atoms with van der Waals surface area (Å²) in [6.07, 6.45) is 0.268. The zero-order chi connectivity index (χ0) is 27.6. The molecule has 39 heavy (non-hydrogen) atoms. The van der Waals surface area contributed by atoms with Crippen molar-refractivity contribution in [2.75, 3.05) is 38.3 Å². The van der Waals surface area contributed by atoms with Crippen molar-refractivity contribution in [1.82, 2.24) is 4.90 Å². The quantitative estimate of drug-likeness (QED) is 0.397. The highest BCUT2D eigenvalue weighted by Crippen LogP contribution is 2.38. The van der Waals surface area contributed by atoms with E-state index >= 15 is 0 Å². The van der Waals surface area contributed by atoms with E-state index in [4.69, 9.17) is 19.3 Å². The van der Waals surface area contributed by atoms with Crippen LogP contribution < -0.4 is 9.64 Å². The molecular weight excluding hydrogens is 503 g/mol. The number of methoxy groups -OCH3 is 1. The number of amides is 1. The molecule has 0 saturated carbocycles. The maximum Gasteiger partial charge on any atom is 0.415 e. The van der Waals surface area contributed by atoms with Crippen LogP contribution in [0.4, 0.5) is 14.9 Å². The maximum absolute atomic E-state index is 13.6. The van der Waals surface area contributed by atoms with Crippen LogP contribution in [0.3, 0.4) is 0 Å². The monoisotopic (exact) mass is 534 g/mol. The van der Waals surface area contributed by atoms with Crippen molar-refractivity contribution in [2.45, 2.75) is 32.1 Å². The van der Waals surface area contributed by atoms with E-state index in [0.717, 1.165) is 28.8 Å². The molecule has 1 N–H and O–H groups in total. The van der Waals surface area contributed by atoms with E-state index in [0.29, 0.717) is 50.7 Å². The number of carbonyl (C=O) groups is 2. The lowest BCUT2D eigenvalue weighted by Crippen LogP contribution is -2.37. The Morgan fingerprint density at radius 3 is 2.51 bits per heavy atom. The van der Waals surface area contributed by atoms with E-state index in [1.807, 2.05) is 13.0 Å². The van der Waals surface area contributed by atoms with Gasteiger partial charge in [0.1, 0.15) is 17.2 Å². The van der Waals surface area contributed by atoms with Gasteiger partial charge in [-0.3, -0.25) is 9.80 Å². The molecule has 1 spiro atoms. The molecule has 0 bridgehead atoms. The number of carboxylic acids is 1.